The topological polar surface area (TPSA) is 29.5 Å². The maximum absolute atomic E-state index is 10.5. The van der Waals surface area contributed by atoms with Crippen LogP contribution in [0.1, 0.15) is 40.5 Å². The van der Waals surface area contributed by atoms with E-state index in [0.717, 1.165) is 12.8 Å². The van der Waals surface area contributed by atoms with Crippen LogP contribution < -0.4 is 0 Å². The summed E-state index contributed by atoms with van der Waals surface area (Å²) >= 11 is 0. The molecule has 0 fully saturated rings. The van der Waals surface area contributed by atoms with E-state index < -0.39 is 0 Å². The van der Waals surface area contributed by atoms with Gasteiger partial charge in [0.15, 0.2) is 0 Å². The van der Waals surface area contributed by atoms with Gasteiger partial charge in [0.1, 0.15) is 0 Å². The Morgan fingerprint density at radius 3 is 2.25 bits per heavy atom. The minimum atomic E-state index is -0.0592. The Kier molecular flexibility index (Phi) is 12.2. The second-order valence-electron chi connectivity index (χ2n) is 2.20. The van der Waals surface area contributed by atoms with Crippen LogP contribution in [0.2, 0.25) is 0 Å². The Labute approximate surface area is 75.7 Å². The molecule has 0 N–H and O–H groups in total. The maximum atomic E-state index is 10.5. The molecule has 0 aromatic carbocycles. The Balaban J connectivity index is 0. The third kappa shape index (κ3) is 9.43. The van der Waals surface area contributed by atoms with Crippen molar-refractivity contribution in [1.29, 1.82) is 0 Å². The van der Waals surface area contributed by atoms with Crippen molar-refractivity contribution in [2.24, 2.45) is 0 Å². The lowest BCUT2D eigenvalue weighted by Gasteiger charge is -2.13. The van der Waals surface area contributed by atoms with E-state index in [0.29, 0.717) is 6.61 Å². The molecule has 0 aromatic rings. The number of hydroxylamine groups is 2. The number of carbonyl (C=O) groups is 1. The number of amides is 1. The van der Waals surface area contributed by atoms with Gasteiger partial charge in [0.05, 0.1) is 6.61 Å². The second-order valence-corrected chi connectivity index (χ2v) is 2.20. The van der Waals surface area contributed by atoms with Gasteiger partial charge in [0, 0.05) is 14.0 Å². The Morgan fingerprint density at radius 1 is 1.42 bits per heavy atom. The van der Waals surface area contributed by atoms with Crippen molar-refractivity contribution in [2.75, 3.05) is 13.7 Å². The number of nitrogens with zero attached hydrogens (tertiary/aromatic N) is 1. The Hall–Kier alpha value is -0.570. The van der Waals surface area contributed by atoms with Crippen LogP contribution in [0.5, 0.6) is 0 Å². The van der Waals surface area contributed by atoms with Crippen LogP contribution in [0, 0.1) is 0 Å². The third-order valence-corrected chi connectivity index (χ3v) is 1.23. The molecule has 3 heteroatoms. The predicted molar refractivity (Wildman–Crippen MR) is 50.7 cm³/mol. The number of carbonyl (C=O) groups excluding carboxylic acids is 1. The molecule has 1 amide bonds. The van der Waals surface area contributed by atoms with Gasteiger partial charge in [-0.25, -0.2) is 5.06 Å². The second kappa shape index (κ2) is 10.4. The minimum absolute atomic E-state index is 0.0592. The van der Waals surface area contributed by atoms with E-state index in [9.17, 15) is 4.79 Å². The van der Waals surface area contributed by atoms with Crippen molar-refractivity contribution in [1.82, 2.24) is 5.06 Å². The zero-order chi connectivity index (χ0) is 9.98. The van der Waals surface area contributed by atoms with Gasteiger partial charge >= 0.3 is 0 Å². The van der Waals surface area contributed by atoms with E-state index in [1.807, 2.05) is 13.8 Å². The molecule has 0 spiro atoms. The zero-order valence-electron chi connectivity index (χ0n) is 8.89. The molecule has 0 saturated carbocycles. The van der Waals surface area contributed by atoms with Gasteiger partial charge in [0.2, 0.25) is 5.91 Å². The lowest BCUT2D eigenvalue weighted by atomic mass is 10.4. The molecule has 12 heavy (non-hydrogen) atoms. The lowest BCUT2D eigenvalue weighted by molar-refractivity contribution is -0.176. The fourth-order valence-corrected chi connectivity index (χ4v) is 0.437. The molecule has 0 heterocycles. The summed E-state index contributed by atoms with van der Waals surface area (Å²) in [7, 11) is 1.62. The molecule has 0 aliphatic carbocycles. The molecule has 0 aromatic heterocycles. The average Bonchev–Trinajstić information content (AvgIpc) is 2.08. The van der Waals surface area contributed by atoms with Crippen LogP contribution in [0.25, 0.3) is 0 Å². The third-order valence-electron chi connectivity index (χ3n) is 1.23. The van der Waals surface area contributed by atoms with Crippen LogP contribution in [-0.2, 0) is 9.63 Å². The molecule has 0 unspecified atom stereocenters. The molecule has 3 nitrogen and oxygen atoms in total. The molecule has 0 radical (unpaired) electrons. The normalized spacial score (nSPS) is 8.42. The Bertz CT molecular complexity index is 105. The van der Waals surface area contributed by atoms with Gasteiger partial charge in [-0.15, -0.1) is 0 Å². The first kappa shape index (κ1) is 14.0. The van der Waals surface area contributed by atoms with Crippen molar-refractivity contribution in [3.05, 3.63) is 0 Å². The van der Waals surface area contributed by atoms with Crippen molar-refractivity contribution in [3.63, 3.8) is 0 Å². The van der Waals surface area contributed by atoms with E-state index in [-0.39, 0.29) is 5.91 Å². The first-order chi connectivity index (χ1) is 5.68. The van der Waals surface area contributed by atoms with Crippen LogP contribution in [0.4, 0.5) is 0 Å². The summed E-state index contributed by atoms with van der Waals surface area (Å²) in [5.41, 5.74) is 0. The minimum Gasteiger partial charge on any atom is -0.273 e. The van der Waals surface area contributed by atoms with E-state index in [1.54, 1.807) is 7.05 Å². The van der Waals surface area contributed by atoms with Crippen LogP contribution in [0.15, 0.2) is 0 Å². The number of unbranched alkanes of at least 4 members (excludes halogenated alkanes) is 1. The molecule has 0 aliphatic rings. The first-order valence-electron chi connectivity index (χ1n) is 4.55. The molecule has 0 rings (SSSR count). The van der Waals surface area contributed by atoms with Gasteiger partial charge < -0.3 is 0 Å². The van der Waals surface area contributed by atoms with Crippen LogP contribution in [-0.4, -0.2) is 24.6 Å². The zero-order valence-corrected chi connectivity index (χ0v) is 8.89. The van der Waals surface area contributed by atoms with E-state index >= 15 is 0 Å². The van der Waals surface area contributed by atoms with Crippen LogP contribution in [0.3, 0.4) is 0 Å². The van der Waals surface area contributed by atoms with Gasteiger partial charge in [-0.2, -0.15) is 0 Å². The highest BCUT2D eigenvalue weighted by atomic mass is 16.7. The fraction of sp³-hybridized carbons (Fsp3) is 0.889. The van der Waals surface area contributed by atoms with Crippen molar-refractivity contribution < 1.29 is 9.63 Å². The molecule has 74 valence electrons. The van der Waals surface area contributed by atoms with E-state index in [2.05, 4.69) is 6.92 Å². The number of hydrogen-bond acceptors (Lipinski definition) is 2. The Morgan fingerprint density at radius 2 is 1.92 bits per heavy atom. The van der Waals surface area contributed by atoms with Gasteiger partial charge in [0.25, 0.3) is 0 Å². The largest absolute Gasteiger partial charge is 0.273 e. The standard InChI is InChI=1S/C7H15NO2.C2H6/c1-4-5-6-10-8(3)7(2)9;1-2/h4-6H2,1-3H3;1-2H3. The first-order valence-corrected chi connectivity index (χ1v) is 4.55. The smallest absolute Gasteiger partial charge is 0.242 e. The summed E-state index contributed by atoms with van der Waals surface area (Å²) in [5, 5.41) is 1.26. The summed E-state index contributed by atoms with van der Waals surface area (Å²) in [6.07, 6.45) is 2.09. The lowest BCUT2D eigenvalue weighted by Crippen LogP contribution is -2.24. The van der Waals surface area contributed by atoms with Gasteiger partial charge in [-0.1, -0.05) is 27.2 Å². The summed E-state index contributed by atoms with van der Waals surface area (Å²) in [6, 6.07) is 0. The monoisotopic (exact) mass is 175 g/mol. The van der Waals surface area contributed by atoms with E-state index in [4.69, 9.17) is 4.84 Å². The summed E-state index contributed by atoms with van der Waals surface area (Å²) < 4.78 is 0. The maximum Gasteiger partial charge on any atom is 0.242 e. The van der Waals surface area contributed by atoms with Crippen molar-refractivity contribution in [2.45, 2.75) is 40.5 Å². The van der Waals surface area contributed by atoms with Gasteiger partial charge in [-0.05, 0) is 6.42 Å². The van der Waals surface area contributed by atoms with Crippen LogP contribution >= 0.6 is 0 Å². The summed E-state index contributed by atoms with van der Waals surface area (Å²) in [5.74, 6) is -0.0592. The summed E-state index contributed by atoms with van der Waals surface area (Å²) in [4.78, 5) is 15.6. The molecule has 0 bridgehead atoms. The summed E-state index contributed by atoms with van der Waals surface area (Å²) in [6.45, 7) is 8.19. The fourth-order valence-electron chi connectivity index (χ4n) is 0.437. The van der Waals surface area contributed by atoms with Crippen molar-refractivity contribution in [3.8, 4) is 0 Å². The number of rotatable bonds is 4. The highest BCUT2D eigenvalue weighted by molar-refractivity contribution is 5.71. The quantitative estimate of drug-likeness (QED) is 0.484. The SMILES string of the molecule is CC.CCCCON(C)C(C)=O. The molecule has 0 aliphatic heterocycles. The highest BCUT2D eigenvalue weighted by Crippen LogP contribution is 1.91. The molecule has 0 atom stereocenters. The molecule has 0 saturated heterocycles. The van der Waals surface area contributed by atoms with Crippen molar-refractivity contribution >= 4 is 5.91 Å². The number of hydrogen-bond donors (Lipinski definition) is 0. The highest BCUT2D eigenvalue weighted by Gasteiger charge is 1.99. The van der Waals surface area contributed by atoms with E-state index in [1.165, 1.54) is 12.0 Å². The average molecular weight is 175 g/mol. The van der Waals surface area contributed by atoms with Gasteiger partial charge in [-0.3, -0.25) is 9.63 Å². The molecular formula is C9H21NO2. The molecular weight excluding hydrogens is 154 g/mol. The predicted octanol–water partition coefficient (Wildman–Crippen LogP) is 2.22.